The molecule has 1 saturated heterocycles. The fraction of sp³-hybridized carbons (Fsp3) is 0.381. The number of benzene rings is 2. The van der Waals surface area contributed by atoms with Crippen molar-refractivity contribution < 1.29 is 13.9 Å². The van der Waals surface area contributed by atoms with Crippen molar-refractivity contribution in [2.24, 2.45) is 0 Å². The Hall–Kier alpha value is -2.60. The van der Waals surface area contributed by atoms with Crippen LogP contribution in [0.15, 0.2) is 48.5 Å². The summed E-state index contributed by atoms with van der Waals surface area (Å²) in [6, 6.07) is 14.6. The predicted molar refractivity (Wildman–Crippen MR) is 105 cm³/mol. The number of methoxy groups -OCH3 is 1. The Morgan fingerprint density at radius 1 is 1.07 bits per heavy atom. The molecule has 0 bridgehead atoms. The molecule has 2 aromatic carbocycles. The number of rotatable bonds is 7. The van der Waals surface area contributed by atoms with E-state index in [4.69, 9.17) is 4.74 Å². The van der Waals surface area contributed by atoms with E-state index in [0.29, 0.717) is 38.2 Å². The highest BCUT2D eigenvalue weighted by atomic mass is 19.1. The van der Waals surface area contributed by atoms with Gasteiger partial charge in [0.2, 0.25) is 5.91 Å². The second-order valence-electron chi connectivity index (χ2n) is 6.56. The van der Waals surface area contributed by atoms with Gasteiger partial charge >= 0.3 is 0 Å². The molecule has 1 heterocycles. The summed E-state index contributed by atoms with van der Waals surface area (Å²) in [5, 5.41) is 3.15. The van der Waals surface area contributed by atoms with E-state index in [0.717, 1.165) is 24.5 Å². The number of carbonyl (C=O) groups is 1. The van der Waals surface area contributed by atoms with Crippen molar-refractivity contribution in [2.75, 3.05) is 44.7 Å². The van der Waals surface area contributed by atoms with Gasteiger partial charge in [-0.1, -0.05) is 30.3 Å². The van der Waals surface area contributed by atoms with Crippen LogP contribution in [0, 0.1) is 5.82 Å². The Balaban J connectivity index is 1.41. The highest BCUT2D eigenvalue weighted by molar-refractivity contribution is 5.76. The first-order chi connectivity index (χ1) is 13.2. The molecule has 1 aliphatic heterocycles. The summed E-state index contributed by atoms with van der Waals surface area (Å²) in [4.78, 5) is 16.6. The largest absolute Gasteiger partial charge is 0.495 e. The van der Waals surface area contributed by atoms with Crippen LogP contribution in [-0.2, 0) is 11.3 Å². The fourth-order valence-corrected chi connectivity index (χ4v) is 3.31. The molecule has 0 unspecified atom stereocenters. The molecule has 0 saturated carbocycles. The van der Waals surface area contributed by atoms with Crippen LogP contribution in [-0.4, -0.2) is 50.6 Å². The van der Waals surface area contributed by atoms with Crippen molar-refractivity contribution in [3.8, 4) is 5.75 Å². The molecular weight excluding hydrogens is 345 g/mol. The minimum atomic E-state index is -0.219. The van der Waals surface area contributed by atoms with Crippen molar-refractivity contribution in [2.45, 2.75) is 13.0 Å². The third kappa shape index (κ3) is 4.98. The van der Waals surface area contributed by atoms with Gasteiger partial charge in [0.25, 0.3) is 0 Å². The molecule has 1 amide bonds. The van der Waals surface area contributed by atoms with E-state index in [1.165, 1.54) is 6.07 Å². The molecule has 144 valence electrons. The van der Waals surface area contributed by atoms with Gasteiger partial charge in [-0.3, -0.25) is 4.79 Å². The zero-order valence-corrected chi connectivity index (χ0v) is 15.7. The van der Waals surface area contributed by atoms with Crippen molar-refractivity contribution in [3.05, 3.63) is 59.9 Å². The Bertz CT molecular complexity index is 761. The molecule has 27 heavy (non-hydrogen) atoms. The first kappa shape index (κ1) is 19.2. The Labute approximate surface area is 159 Å². The van der Waals surface area contributed by atoms with Crippen LogP contribution < -0.4 is 15.0 Å². The summed E-state index contributed by atoms with van der Waals surface area (Å²) >= 11 is 0. The molecule has 2 aromatic rings. The highest BCUT2D eigenvalue weighted by Gasteiger charge is 2.22. The lowest BCUT2D eigenvalue weighted by Crippen LogP contribution is -2.49. The molecule has 6 heteroatoms. The Morgan fingerprint density at radius 3 is 2.52 bits per heavy atom. The molecule has 0 aliphatic carbocycles. The van der Waals surface area contributed by atoms with Crippen molar-refractivity contribution in [1.82, 2.24) is 10.2 Å². The van der Waals surface area contributed by atoms with Crippen molar-refractivity contribution in [3.63, 3.8) is 0 Å². The van der Waals surface area contributed by atoms with Gasteiger partial charge in [0.15, 0.2) is 0 Å². The number of hydrogen-bond donors (Lipinski definition) is 1. The molecular formula is C21H26FN3O2. The van der Waals surface area contributed by atoms with Crippen LogP contribution in [0.25, 0.3) is 0 Å². The van der Waals surface area contributed by atoms with Crippen molar-refractivity contribution >= 4 is 11.6 Å². The molecule has 3 rings (SSSR count). The first-order valence-corrected chi connectivity index (χ1v) is 9.29. The lowest BCUT2D eigenvalue weighted by Gasteiger charge is -2.36. The number of nitrogens with zero attached hydrogens (tertiary/aromatic N) is 2. The molecule has 5 nitrogen and oxygen atoms in total. The second kappa shape index (κ2) is 9.37. The number of para-hydroxylation sites is 2. The van der Waals surface area contributed by atoms with Gasteiger partial charge in [0, 0.05) is 51.3 Å². The minimum Gasteiger partial charge on any atom is -0.495 e. The van der Waals surface area contributed by atoms with Gasteiger partial charge < -0.3 is 19.9 Å². The van der Waals surface area contributed by atoms with Crippen LogP contribution in [0.5, 0.6) is 5.75 Å². The van der Waals surface area contributed by atoms with E-state index < -0.39 is 0 Å². The van der Waals surface area contributed by atoms with E-state index >= 15 is 0 Å². The third-order valence-corrected chi connectivity index (χ3v) is 4.85. The van der Waals surface area contributed by atoms with E-state index in [1.807, 2.05) is 35.2 Å². The monoisotopic (exact) mass is 371 g/mol. The van der Waals surface area contributed by atoms with Crippen LogP contribution in [0.1, 0.15) is 12.0 Å². The van der Waals surface area contributed by atoms with Gasteiger partial charge in [0.1, 0.15) is 11.6 Å². The summed E-state index contributed by atoms with van der Waals surface area (Å²) in [6.45, 7) is 3.94. The summed E-state index contributed by atoms with van der Waals surface area (Å²) in [7, 11) is 1.67. The highest BCUT2D eigenvalue weighted by Crippen LogP contribution is 2.28. The van der Waals surface area contributed by atoms with Crippen LogP contribution >= 0.6 is 0 Å². The second-order valence-corrected chi connectivity index (χ2v) is 6.56. The van der Waals surface area contributed by atoms with Gasteiger partial charge in [0.05, 0.1) is 12.8 Å². The summed E-state index contributed by atoms with van der Waals surface area (Å²) in [5.41, 5.74) is 1.69. The molecule has 1 aliphatic rings. The minimum absolute atomic E-state index is 0.135. The number of piperazine rings is 1. The fourth-order valence-electron chi connectivity index (χ4n) is 3.31. The maximum absolute atomic E-state index is 13.6. The molecule has 0 radical (unpaired) electrons. The number of halogens is 1. The van der Waals surface area contributed by atoms with Crippen molar-refractivity contribution in [1.29, 1.82) is 0 Å². The lowest BCUT2D eigenvalue weighted by atomic mass is 10.2. The van der Waals surface area contributed by atoms with E-state index in [9.17, 15) is 9.18 Å². The van der Waals surface area contributed by atoms with Crippen LogP contribution in [0.3, 0.4) is 0 Å². The number of hydrogen-bond acceptors (Lipinski definition) is 4. The van der Waals surface area contributed by atoms with Gasteiger partial charge in [-0.15, -0.1) is 0 Å². The molecule has 0 aromatic heterocycles. The average molecular weight is 371 g/mol. The summed E-state index contributed by atoms with van der Waals surface area (Å²) < 4.78 is 19.0. The maximum atomic E-state index is 13.6. The van der Waals surface area contributed by atoms with Gasteiger partial charge in [-0.25, -0.2) is 4.39 Å². The number of nitrogens with one attached hydrogen (secondary N) is 1. The van der Waals surface area contributed by atoms with Crippen LogP contribution in [0.4, 0.5) is 10.1 Å². The molecule has 1 fully saturated rings. The lowest BCUT2D eigenvalue weighted by molar-refractivity contribution is -0.131. The van der Waals surface area contributed by atoms with E-state index in [2.05, 4.69) is 10.2 Å². The van der Waals surface area contributed by atoms with Gasteiger partial charge in [-0.05, 0) is 18.2 Å². The number of ether oxygens (including phenoxy) is 1. The molecule has 1 N–H and O–H groups in total. The smallest absolute Gasteiger partial charge is 0.223 e. The molecule has 0 atom stereocenters. The Kier molecular flexibility index (Phi) is 6.65. The van der Waals surface area contributed by atoms with E-state index in [1.54, 1.807) is 19.2 Å². The number of amides is 1. The normalized spacial score (nSPS) is 14.3. The third-order valence-electron chi connectivity index (χ3n) is 4.85. The quantitative estimate of drug-likeness (QED) is 0.760. The Morgan fingerprint density at radius 2 is 1.78 bits per heavy atom. The first-order valence-electron chi connectivity index (χ1n) is 9.29. The summed E-state index contributed by atoms with van der Waals surface area (Å²) in [6.07, 6.45) is 0.420. The number of anilines is 1. The number of carbonyl (C=O) groups excluding carboxylic acids is 1. The average Bonchev–Trinajstić information content (AvgIpc) is 2.72. The SMILES string of the molecule is COc1ccccc1N1CCN(C(=O)CCNCc2ccccc2F)CC1. The van der Waals surface area contributed by atoms with E-state index in [-0.39, 0.29) is 11.7 Å². The van der Waals surface area contributed by atoms with Gasteiger partial charge in [-0.2, -0.15) is 0 Å². The predicted octanol–water partition coefficient (Wildman–Crippen LogP) is 2.66. The zero-order valence-electron chi connectivity index (χ0n) is 15.7. The standard InChI is InChI=1S/C21H26FN3O2/c1-27-20-9-5-4-8-19(20)24-12-14-25(15-13-24)21(26)10-11-23-16-17-6-2-3-7-18(17)22/h2-9,23H,10-16H2,1H3. The zero-order chi connectivity index (χ0) is 19.1. The van der Waals surface area contributed by atoms with Crippen LogP contribution in [0.2, 0.25) is 0 Å². The summed E-state index contributed by atoms with van der Waals surface area (Å²) in [5.74, 6) is 0.772. The molecule has 0 spiro atoms. The maximum Gasteiger partial charge on any atom is 0.223 e. The topological polar surface area (TPSA) is 44.8 Å².